The molecule has 0 aliphatic heterocycles. The van der Waals surface area contributed by atoms with Crippen molar-refractivity contribution in [2.75, 3.05) is 7.05 Å². The molecule has 2 N–H and O–H groups in total. The summed E-state index contributed by atoms with van der Waals surface area (Å²) in [5.41, 5.74) is 2.06. The number of aliphatic imine (C=N–C) groups is 1. The Balaban J connectivity index is 4.11. The van der Waals surface area contributed by atoms with E-state index < -0.39 is 0 Å². The Kier molecular flexibility index (Phi) is 8.19. The zero-order chi connectivity index (χ0) is 10.8. The average Bonchev–Trinajstić information content (AvgIpc) is 2.22. The second-order valence-electron chi connectivity index (χ2n) is 3.45. The van der Waals surface area contributed by atoms with Crippen molar-refractivity contribution >= 4 is 11.4 Å². The van der Waals surface area contributed by atoms with E-state index >= 15 is 0 Å². The highest BCUT2D eigenvalue weighted by atomic mass is 15.1. The molecule has 0 radical (unpaired) electrons. The van der Waals surface area contributed by atoms with Crippen LogP contribution in [0.1, 0.15) is 52.4 Å². The Bertz CT molecular complexity index is 195. The van der Waals surface area contributed by atoms with E-state index in [1.807, 2.05) is 7.05 Å². The molecule has 0 aromatic carbocycles. The van der Waals surface area contributed by atoms with Crippen molar-refractivity contribution in [3.05, 3.63) is 0 Å². The number of rotatable bonds is 7. The summed E-state index contributed by atoms with van der Waals surface area (Å²) >= 11 is 0. The van der Waals surface area contributed by atoms with E-state index in [-0.39, 0.29) is 0 Å². The highest BCUT2D eigenvalue weighted by Gasteiger charge is 2.06. The van der Waals surface area contributed by atoms with Crippen LogP contribution in [-0.4, -0.2) is 18.5 Å². The fourth-order valence-corrected chi connectivity index (χ4v) is 1.45. The molecule has 0 saturated carbocycles. The second-order valence-corrected chi connectivity index (χ2v) is 3.45. The fourth-order valence-electron chi connectivity index (χ4n) is 1.45. The Morgan fingerprint density at radius 2 is 1.71 bits per heavy atom. The Morgan fingerprint density at radius 3 is 2.14 bits per heavy atom. The van der Waals surface area contributed by atoms with Gasteiger partial charge in [0.25, 0.3) is 0 Å². The van der Waals surface area contributed by atoms with Crippen molar-refractivity contribution < 1.29 is 0 Å². The molecular weight excluding hydrogens is 174 g/mol. The van der Waals surface area contributed by atoms with E-state index in [0.29, 0.717) is 0 Å². The zero-order valence-corrected chi connectivity index (χ0v) is 9.71. The third-order valence-corrected chi connectivity index (χ3v) is 2.26. The lowest BCUT2D eigenvalue weighted by Crippen LogP contribution is -2.16. The van der Waals surface area contributed by atoms with Gasteiger partial charge in [-0.15, -0.1) is 0 Å². The van der Waals surface area contributed by atoms with Gasteiger partial charge in [-0.05, 0) is 19.3 Å². The predicted molar refractivity (Wildman–Crippen MR) is 64.0 cm³/mol. The van der Waals surface area contributed by atoms with Crippen LogP contribution in [0.25, 0.3) is 0 Å². The maximum atomic E-state index is 5.37. The van der Waals surface area contributed by atoms with Gasteiger partial charge in [0.1, 0.15) is 0 Å². The van der Waals surface area contributed by atoms with Crippen LogP contribution < -0.4 is 5.84 Å². The van der Waals surface area contributed by atoms with Crippen molar-refractivity contribution in [2.45, 2.75) is 52.4 Å². The molecule has 0 atom stereocenters. The minimum absolute atomic E-state index is 0.969. The first-order valence-corrected chi connectivity index (χ1v) is 5.52. The van der Waals surface area contributed by atoms with Crippen LogP contribution >= 0.6 is 0 Å². The van der Waals surface area contributed by atoms with Gasteiger partial charge in [0.2, 0.25) is 0 Å². The van der Waals surface area contributed by atoms with Gasteiger partial charge in [-0.1, -0.05) is 33.1 Å². The molecule has 3 nitrogen and oxygen atoms in total. The zero-order valence-electron chi connectivity index (χ0n) is 9.71. The van der Waals surface area contributed by atoms with Crippen LogP contribution in [0.15, 0.2) is 10.1 Å². The molecule has 0 unspecified atom stereocenters. The van der Waals surface area contributed by atoms with E-state index in [9.17, 15) is 0 Å². The van der Waals surface area contributed by atoms with Crippen molar-refractivity contribution in [2.24, 2.45) is 15.9 Å². The maximum Gasteiger partial charge on any atom is 0.0810 e. The molecule has 0 aromatic heterocycles. The second kappa shape index (κ2) is 8.73. The standard InChI is InChI=1S/C11H23N3/c1-4-6-7-9-11(14-12)10(13-3)8-5-2/h4-9,12H2,1-3H3/b13-10?,14-11-. The summed E-state index contributed by atoms with van der Waals surface area (Å²) in [6.07, 6.45) is 6.68. The summed E-state index contributed by atoms with van der Waals surface area (Å²) in [5.74, 6) is 5.37. The number of nitrogens with two attached hydrogens (primary N) is 1. The molecule has 0 saturated heterocycles. The number of hydrazone groups is 1. The summed E-state index contributed by atoms with van der Waals surface area (Å²) in [6.45, 7) is 4.34. The van der Waals surface area contributed by atoms with Crippen LogP contribution in [0, 0.1) is 0 Å². The summed E-state index contributed by atoms with van der Waals surface area (Å²) in [4.78, 5) is 4.23. The smallest absolute Gasteiger partial charge is 0.0810 e. The van der Waals surface area contributed by atoms with E-state index in [0.717, 1.165) is 37.1 Å². The molecule has 0 spiro atoms. The first-order chi connectivity index (χ1) is 6.79. The minimum atomic E-state index is 0.969. The van der Waals surface area contributed by atoms with Crippen LogP contribution in [0.3, 0.4) is 0 Å². The van der Waals surface area contributed by atoms with Crippen LogP contribution in [0.5, 0.6) is 0 Å². The molecule has 0 aliphatic carbocycles. The summed E-state index contributed by atoms with van der Waals surface area (Å²) < 4.78 is 0. The minimum Gasteiger partial charge on any atom is -0.323 e. The fraction of sp³-hybridized carbons (Fsp3) is 0.818. The van der Waals surface area contributed by atoms with E-state index in [4.69, 9.17) is 5.84 Å². The highest BCUT2D eigenvalue weighted by molar-refractivity contribution is 6.42. The first-order valence-electron chi connectivity index (χ1n) is 5.52. The average molecular weight is 197 g/mol. The highest BCUT2D eigenvalue weighted by Crippen LogP contribution is 2.05. The monoisotopic (exact) mass is 197 g/mol. The van der Waals surface area contributed by atoms with Crippen molar-refractivity contribution in [1.82, 2.24) is 0 Å². The van der Waals surface area contributed by atoms with E-state index in [2.05, 4.69) is 23.9 Å². The van der Waals surface area contributed by atoms with Crippen LogP contribution in [0.2, 0.25) is 0 Å². The van der Waals surface area contributed by atoms with E-state index in [1.54, 1.807) is 0 Å². The summed E-state index contributed by atoms with van der Waals surface area (Å²) in [6, 6.07) is 0. The van der Waals surface area contributed by atoms with Gasteiger partial charge in [-0.25, -0.2) is 0 Å². The molecule has 0 aliphatic rings. The number of unbranched alkanes of at least 4 members (excludes halogenated alkanes) is 2. The molecule has 14 heavy (non-hydrogen) atoms. The van der Waals surface area contributed by atoms with Crippen molar-refractivity contribution in [3.63, 3.8) is 0 Å². The van der Waals surface area contributed by atoms with Crippen LogP contribution in [-0.2, 0) is 0 Å². The third kappa shape index (κ3) is 5.00. The molecular formula is C11H23N3. The molecule has 82 valence electrons. The van der Waals surface area contributed by atoms with Gasteiger partial charge in [0, 0.05) is 7.05 Å². The van der Waals surface area contributed by atoms with Gasteiger partial charge in [-0.3, -0.25) is 4.99 Å². The quantitative estimate of drug-likeness (QED) is 0.290. The Labute approximate surface area is 87.5 Å². The predicted octanol–water partition coefficient (Wildman–Crippen LogP) is 2.75. The number of hydrogen-bond acceptors (Lipinski definition) is 3. The third-order valence-electron chi connectivity index (χ3n) is 2.26. The van der Waals surface area contributed by atoms with Crippen LogP contribution in [0.4, 0.5) is 0 Å². The van der Waals surface area contributed by atoms with Gasteiger partial charge < -0.3 is 5.84 Å². The van der Waals surface area contributed by atoms with Gasteiger partial charge >= 0.3 is 0 Å². The molecule has 0 rings (SSSR count). The number of nitrogens with zero attached hydrogens (tertiary/aromatic N) is 2. The lowest BCUT2D eigenvalue weighted by molar-refractivity contribution is 0.742. The SMILES string of the molecule is CCCCC/C(=N/N)C(CCC)=NC. The Morgan fingerprint density at radius 1 is 1.00 bits per heavy atom. The first kappa shape index (κ1) is 13.1. The van der Waals surface area contributed by atoms with Gasteiger partial charge in [-0.2, -0.15) is 5.10 Å². The maximum absolute atomic E-state index is 5.37. The van der Waals surface area contributed by atoms with Crippen molar-refractivity contribution in [1.29, 1.82) is 0 Å². The molecule has 0 amide bonds. The van der Waals surface area contributed by atoms with Gasteiger partial charge in [0.05, 0.1) is 11.4 Å². The molecule has 0 aromatic rings. The molecule has 0 bridgehead atoms. The summed E-state index contributed by atoms with van der Waals surface area (Å²) in [7, 11) is 1.82. The lowest BCUT2D eigenvalue weighted by atomic mass is 10.0. The summed E-state index contributed by atoms with van der Waals surface area (Å²) in [5, 5.41) is 3.84. The van der Waals surface area contributed by atoms with Crippen molar-refractivity contribution in [3.8, 4) is 0 Å². The van der Waals surface area contributed by atoms with E-state index in [1.165, 1.54) is 12.8 Å². The van der Waals surface area contributed by atoms with Gasteiger partial charge in [0.15, 0.2) is 0 Å². The topological polar surface area (TPSA) is 50.7 Å². The number of hydrogen-bond donors (Lipinski definition) is 1. The molecule has 3 heteroatoms. The Hall–Kier alpha value is -0.860. The molecule has 0 heterocycles. The lowest BCUT2D eigenvalue weighted by Gasteiger charge is -2.06. The molecule has 0 fully saturated rings. The largest absolute Gasteiger partial charge is 0.323 e. The normalized spacial score (nSPS) is 13.4.